The molecule has 3 heteroatoms. The van der Waals surface area contributed by atoms with Crippen LogP contribution in [-0.2, 0) is 4.79 Å². The molecule has 0 bridgehead atoms. The van der Waals surface area contributed by atoms with Crippen molar-refractivity contribution in [3.63, 3.8) is 0 Å². The number of rotatable bonds is 0. The van der Waals surface area contributed by atoms with Gasteiger partial charge in [-0.3, -0.25) is 4.79 Å². The summed E-state index contributed by atoms with van der Waals surface area (Å²) >= 11 is 0. The van der Waals surface area contributed by atoms with Gasteiger partial charge < -0.3 is 6.53 Å². The first-order chi connectivity index (χ1) is 5.13. The molecule has 0 unspecified atom stereocenters. The Hall–Kier alpha value is -0.310. The van der Waals surface area contributed by atoms with Gasteiger partial charge in [0.1, 0.15) is 0 Å². The van der Waals surface area contributed by atoms with Gasteiger partial charge in [-0.25, -0.2) is 0 Å². The summed E-state index contributed by atoms with van der Waals surface area (Å²) in [5.41, 5.74) is 1.32. The van der Waals surface area contributed by atoms with Crippen molar-refractivity contribution >= 4 is 5.97 Å². The van der Waals surface area contributed by atoms with Crippen molar-refractivity contribution in [2.45, 2.75) is 13.8 Å². The average Bonchev–Trinajstić information content (AvgIpc) is 1.87. The fourth-order valence-electron chi connectivity index (χ4n) is 0.534. The minimum atomic E-state index is -0.833. The van der Waals surface area contributed by atoms with E-state index in [-0.39, 0.29) is 31.0 Å². The number of benzene rings is 1. The molecule has 0 aliphatic heterocycles. The summed E-state index contributed by atoms with van der Waals surface area (Å²) in [6.45, 7) is 3.17. The second kappa shape index (κ2) is 8.78. The number of aliphatic carboxylic acids is 1. The molecule has 1 aromatic carbocycles. The molecule has 62 valence electrons. The first-order valence-electron chi connectivity index (χ1n) is 3.34. The molecule has 0 saturated heterocycles. The van der Waals surface area contributed by atoms with Gasteiger partial charge in [-0.05, 0) is 6.92 Å². The molecular formula is C9H13NaO2. The quantitative estimate of drug-likeness (QED) is 0.526. The largest absolute Gasteiger partial charge is 1.00 e. The molecule has 0 aromatic heterocycles. The van der Waals surface area contributed by atoms with Crippen molar-refractivity contribution in [2.75, 3.05) is 0 Å². The minimum Gasteiger partial charge on any atom is -1.00 e. The van der Waals surface area contributed by atoms with Crippen LogP contribution >= 0.6 is 0 Å². The summed E-state index contributed by atoms with van der Waals surface area (Å²) in [6, 6.07) is 10.3. The normalized spacial score (nSPS) is 7.17. The van der Waals surface area contributed by atoms with E-state index in [1.54, 1.807) is 0 Å². The third-order valence-corrected chi connectivity index (χ3v) is 0.940. The Kier molecular flexibility index (Phi) is 10.4. The van der Waals surface area contributed by atoms with Gasteiger partial charge in [-0.15, -0.1) is 0 Å². The molecule has 0 aliphatic carbocycles. The molecule has 1 rings (SSSR count). The molecule has 1 N–H and O–H groups in total. The van der Waals surface area contributed by atoms with Crippen LogP contribution in [0.3, 0.4) is 0 Å². The van der Waals surface area contributed by atoms with E-state index in [0.717, 1.165) is 6.92 Å². The SMILES string of the molecule is CC(=O)O.Cc1ccccc1.[H-].[Na+]. The summed E-state index contributed by atoms with van der Waals surface area (Å²) in [5.74, 6) is -0.833. The number of aryl methyl sites for hydroxylation is 1. The summed E-state index contributed by atoms with van der Waals surface area (Å²) in [5, 5.41) is 7.42. The van der Waals surface area contributed by atoms with Gasteiger partial charge >= 0.3 is 29.6 Å². The molecule has 0 atom stereocenters. The third-order valence-electron chi connectivity index (χ3n) is 0.940. The van der Waals surface area contributed by atoms with Crippen molar-refractivity contribution in [3.05, 3.63) is 35.9 Å². The first kappa shape index (κ1) is 14.2. The van der Waals surface area contributed by atoms with Crippen LogP contribution in [-0.4, -0.2) is 11.1 Å². The zero-order valence-corrected chi connectivity index (χ0v) is 9.74. The van der Waals surface area contributed by atoms with Crippen molar-refractivity contribution < 1.29 is 40.9 Å². The van der Waals surface area contributed by atoms with E-state index < -0.39 is 5.97 Å². The Balaban J connectivity index is -0.000000150. The fraction of sp³-hybridized carbons (Fsp3) is 0.222. The number of carboxylic acids is 1. The number of carboxylic acid groups (broad SMARTS) is 1. The Bertz CT molecular complexity index is 210. The van der Waals surface area contributed by atoms with Gasteiger partial charge in [0.25, 0.3) is 5.97 Å². The van der Waals surface area contributed by atoms with E-state index >= 15 is 0 Å². The van der Waals surface area contributed by atoms with Gasteiger partial charge in [0.15, 0.2) is 0 Å². The Morgan fingerprint density at radius 2 is 1.67 bits per heavy atom. The summed E-state index contributed by atoms with van der Waals surface area (Å²) in [7, 11) is 0. The van der Waals surface area contributed by atoms with Crippen LogP contribution in [0.25, 0.3) is 0 Å². The van der Waals surface area contributed by atoms with E-state index in [1.165, 1.54) is 5.56 Å². The smallest absolute Gasteiger partial charge is 1.00 e. The second-order valence-electron chi connectivity index (χ2n) is 2.17. The molecule has 0 amide bonds. The molecule has 12 heavy (non-hydrogen) atoms. The molecule has 1 aromatic rings. The maximum Gasteiger partial charge on any atom is 1.00 e. The van der Waals surface area contributed by atoms with Crippen LogP contribution in [0.4, 0.5) is 0 Å². The van der Waals surface area contributed by atoms with Crippen molar-refractivity contribution in [1.29, 1.82) is 0 Å². The third kappa shape index (κ3) is 12.4. The van der Waals surface area contributed by atoms with Crippen LogP contribution in [0.1, 0.15) is 13.9 Å². The van der Waals surface area contributed by atoms with Gasteiger partial charge in [0.05, 0.1) is 0 Å². The van der Waals surface area contributed by atoms with Crippen LogP contribution in [0.15, 0.2) is 30.3 Å². The molecule has 2 nitrogen and oxygen atoms in total. The maximum atomic E-state index is 9.00. The van der Waals surface area contributed by atoms with Crippen LogP contribution in [0.2, 0.25) is 0 Å². The molecule has 0 spiro atoms. The average molecular weight is 176 g/mol. The molecule has 0 saturated carbocycles. The van der Waals surface area contributed by atoms with E-state index in [1.807, 2.05) is 18.2 Å². The monoisotopic (exact) mass is 176 g/mol. The maximum absolute atomic E-state index is 9.00. The van der Waals surface area contributed by atoms with Crippen LogP contribution in [0.5, 0.6) is 0 Å². The Morgan fingerprint density at radius 1 is 1.33 bits per heavy atom. The van der Waals surface area contributed by atoms with E-state index in [9.17, 15) is 0 Å². The molecule has 0 radical (unpaired) electrons. The summed E-state index contributed by atoms with van der Waals surface area (Å²) in [6.07, 6.45) is 0. The fourth-order valence-corrected chi connectivity index (χ4v) is 0.534. The number of hydrogen-bond acceptors (Lipinski definition) is 1. The molecule has 0 aliphatic rings. The molecule has 0 heterocycles. The Labute approximate surface area is 96.4 Å². The predicted octanol–water partition coefficient (Wildman–Crippen LogP) is -0.798. The van der Waals surface area contributed by atoms with Crippen molar-refractivity contribution in [2.24, 2.45) is 0 Å². The van der Waals surface area contributed by atoms with Crippen molar-refractivity contribution in [1.82, 2.24) is 0 Å². The number of hydrogen-bond donors (Lipinski definition) is 1. The standard InChI is InChI=1S/C7H8.C2H4O2.Na.H/c1-7-5-3-2-4-6-7;1-2(3)4;;/h2-6H,1H3;1H3,(H,3,4);;/q;;+1;-1. The van der Waals surface area contributed by atoms with E-state index in [4.69, 9.17) is 9.90 Å². The van der Waals surface area contributed by atoms with Crippen LogP contribution in [0, 0.1) is 6.92 Å². The van der Waals surface area contributed by atoms with E-state index in [0.29, 0.717) is 0 Å². The van der Waals surface area contributed by atoms with E-state index in [2.05, 4.69) is 19.1 Å². The second-order valence-corrected chi connectivity index (χ2v) is 2.17. The molecular weight excluding hydrogens is 163 g/mol. The zero-order valence-electron chi connectivity index (χ0n) is 8.74. The zero-order chi connectivity index (χ0) is 8.69. The Morgan fingerprint density at radius 3 is 1.83 bits per heavy atom. The van der Waals surface area contributed by atoms with Gasteiger partial charge in [-0.2, -0.15) is 0 Å². The number of carbonyl (C=O) groups is 1. The summed E-state index contributed by atoms with van der Waals surface area (Å²) < 4.78 is 0. The van der Waals surface area contributed by atoms with Crippen LogP contribution < -0.4 is 29.6 Å². The van der Waals surface area contributed by atoms with Crippen molar-refractivity contribution in [3.8, 4) is 0 Å². The summed E-state index contributed by atoms with van der Waals surface area (Å²) in [4.78, 5) is 9.00. The minimum absolute atomic E-state index is 0. The first-order valence-corrected chi connectivity index (χ1v) is 3.34. The van der Waals surface area contributed by atoms with Gasteiger partial charge in [0, 0.05) is 6.92 Å². The van der Waals surface area contributed by atoms with Gasteiger partial charge in [-0.1, -0.05) is 35.9 Å². The predicted molar refractivity (Wildman–Crippen MR) is 45.6 cm³/mol. The van der Waals surface area contributed by atoms with Gasteiger partial charge in [0.2, 0.25) is 0 Å². The topological polar surface area (TPSA) is 37.3 Å². The molecule has 0 fully saturated rings.